The topological polar surface area (TPSA) is 74.7 Å². The molecule has 2 rings (SSSR count). The van der Waals surface area contributed by atoms with Gasteiger partial charge in [0.1, 0.15) is 5.37 Å². The van der Waals surface area contributed by atoms with Gasteiger partial charge in [0.25, 0.3) is 5.91 Å². The lowest BCUT2D eigenvalue weighted by molar-refractivity contribution is -0.137. The molecule has 0 unspecified atom stereocenters. The van der Waals surface area contributed by atoms with Gasteiger partial charge in [0.15, 0.2) is 5.78 Å². The number of hydrogen-bond acceptors (Lipinski definition) is 4. The van der Waals surface area contributed by atoms with Gasteiger partial charge < -0.3 is 10.0 Å². The number of thioether (sulfide) groups is 1. The van der Waals surface area contributed by atoms with Gasteiger partial charge in [-0.25, -0.2) is 0 Å². The van der Waals surface area contributed by atoms with Crippen LogP contribution in [0.15, 0.2) is 35.4 Å². The minimum Gasteiger partial charge on any atom is -0.481 e. The molecule has 5 nitrogen and oxygen atoms in total. The second kappa shape index (κ2) is 6.36. The number of carbonyl (C=O) groups is 3. The lowest BCUT2D eigenvalue weighted by atomic mass is 9.95. The predicted molar refractivity (Wildman–Crippen MR) is 84.9 cm³/mol. The molecule has 0 saturated carbocycles. The van der Waals surface area contributed by atoms with Gasteiger partial charge in [-0.2, -0.15) is 0 Å². The number of carboxylic acids is 1. The lowest BCUT2D eigenvalue weighted by Crippen LogP contribution is -2.30. The van der Waals surface area contributed by atoms with Crippen molar-refractivity contribution in [1.82, 2.24) is 4.90 Å². The fourth-order valence-corrected chi connectivity index (χ4v) is 3.49. The first-order chi connectivity index (χ1) is 10.4. The molecule has 1 N–H and O–H groups in total. The van der Waals surface area contributed by atoms with Gasteiger partial charge in [-0.1, -0.05) is 24.3 Å². The molecular weight excluding hydrogens is 302 g/mol. The minimum absolute atomic E-state index is 0.0857. The van der Waals surface area contributed by atoms with Crippen molar-refractivity contribution < 1.29 is 19.5 Å². The first kappa shape index (κ1) is 16.3. The van der Waals surface area contributed by atoms with E-state index in [2.05, 4.69) is 0 Å². The summed E-state index contributed by atoms with van der Waals surface area (Å²) in [5, 5.41) is 8.59. The number of amides is 1. The van der Waals surface area contributed by atoms with E-state index in [1.807, 2.05) is 19.1 Å². The van der Waals surface area contributed by atoms with Crippen LogP contribution in [0.25, 0.3) is 0 Å². The third-order valence-corrected chi connectivity index (χ3v) is 4.69. The number of carboxylic acid groups (broad SMARTS) is 1. The van der Waals surface area contributed by atoms with Gasteiger partial charge in [0, 0.05) is 23.8 Å². The van der Waals surface area contributed by atoms with Crippen LogP contribution >= 0.6 is 11.8 Å². The molecule has 0 aromatic heterocycles. The summed E-state index contributed by atoms with van der Waals surface area (Å²) in [6.07, 6.45) is 1.36. The molecule has 0 bridgehead atoms. The van der Waals surface area contributed by atoms with E-state index in [0.717, 1.165) is 5.56 Å². The molecule has 1 atom stereocenters. The van der Waals surface area contributed by atoms with Crippen molar-refractivity contribution in [2.45, 2.75) is 18.7 Å². The van der Waals surface area contributed by atoms with Crippen molar-refractivity contribution in [1.29, 1.82) is 0 Å². The van der Waals surface area contributed by atoms with E-state index in [1.165, 1.54) is 16.7 Å². The van der Waals surface area contributed by atoms with Gasteiger partial charge in [-0.15, -0.1) is 11.8 Å². The Balaban J connectivity index is 2.57. The van der Waals surface area contributed by atoms with E-state index in [9.17, 15) is 14.4 Å². The summed E-state index contributed by atoms with van der Waals surface area (Å²) in [4.78, 5) is 37.6. The zero-order valence-electron chi connectivity index (χ0n) is 12.6. The summed E-state index contributed by atoms with van der Waals surface area (Å²) in [5.41, 5.74) is 1.68. The number of nitrogens with zero attached hydrogens (tertiary/aromatic N) is 1. The maximum absolute atomic E-state index is 12.9. The van der Waals surface area contributed by atoms with Crippen molar-refractivity contribution in [3.8, 4) is 0 Å². The standard InChI is InChI=1S/C16H17NO4S/c1-9-6-4-5-7-10(9)14(20)13-11(8-12(18)19)15(21)17(2)16(13)22-3/h4-7,16H,8H2,1-3H3,(H,18,19)/t16-/m1/s1. The average Bonchev–Trinajstić information content (AvgIpc) is 2.71. The average molecular weight is 319 g/mol. The molecule has 1 amide bonds. The highest BCUT2D eigenvalue weighted by Gasteiger charge is 2.40. The number of aryl methyl sites for hydroxylation is 1. The predicted octanol–water partition coefficient (Wildman–Crippen LogP) is 2.11. The Morgan fingerprint density at radius 3 is 2.50 bits per heavy atom. The maximum atomic E-state index is 12.9. The van der Waals surface area contributed by atoms with Crippen LogP contribution in [0.3, 0.4) is 0 Å². The molecule has 0 aliphatic carbocycles. The molecule has 1 aromatic rings. The summed E-state index contributed by atoms with van der Waals surface area (Å²) in [6.45, 7) is 1.82. The van der Waals surface area contributed by atoms with Crippen molar-refractivity contribution in [3.05, 3.63) is 46.5 Å². The van der Waals surface area contributed by atoms with E-state index < -0.39 is 23.7 Å². The molecule has 116 valence electrons. The number of benzene rings is 1. The summed E-state index contributed by atoms with van der Waals surface area (Å²) in [7, 11) is 1.59. The lowest BCUT2D eigenvalue weighted by Gasteiger charge is -2.20. The molecule has 6 heteroatoms. The fraction of sp³-hybridized carbons (Fsp3) is 0.312. The highest BCUT2D eigenvalue weighted by Crippen LogP contribution is 2.35. The zero-order valence-corrected chi connectivity index (χ0v) is 13.4. The molecule has 1 aromatic carbocycles. The first-order valence-electron chi connectivity index (χ1n) is 6.73. The molecule has 0 radical (unpaired) electrons. The largest absolute Gasteiger partial charge is 0.481 e. The summed E-state index contributed by atoms with van der Waals surface area (Å²) in [5.74, 6) is -1.78. The number of carbonyl (C=O) groups excluding carboxylic acids is 2. The molecule has 1 aliphatic rings. The van der Waals surface area contributed by atoms with Crippen LogP contribution in [-0.2, 0) is 9.59 Å². The smallest absolute Gasteiger partial charge is 0.308 e. The molecule has 1 heterocycles. The number of hydrogen-bond donors (Lipinski definition) is 1. The van der Waals surface area contributed by atoms with E-state index in [0.29, 0.717) is 5.56 Å². The molecule has 0 spiro atoms. The number of rotatable bonds is 5. The van der Waals surface area contributed by atoms with E-state index >= 15 is 0 Å². The van der Waals surface area contributed by atoms with Crippen molar-refractivity contribution >= 4 is 29.4 Å². The molecule has 22 heavy (non-hydrogen) atoms. The highest BCUT2D eigenvalue weighted by molar-refractivity contribution is 7.99. The highest BCUT2D eigenvalue weighted by atomic mass is 32.2. The molecule has 1 aliphatic heterocycles. The minimum atomic E-state index is -1.12. The molecule has 0 fully saturated rings. The summed E-state index contributed by atoms with van der Waals surface area (Å²) >= 11 is 1.35. The summed E-state index contributed by atoms with van der Waals surface area (Å²) < 4.78 is 0. The number of likely N-dealkylation sites (N-methyl/N-ethyl adjacent to an activating group) is 1. The van der Waals surface area contributed by atoms with Gasteiger partial charge >= 0.3 is 5.97 Å². The van der Waals surface area contributed by atoms with Crippen LogP contribution in [0.4, 0.5) is 0 Å². The third-order valence-electron chi connectivity index (χ3n) is 3.69. The van der Waals surface area contributed by atoms with Crippen LogP contribution in [0.2, 0.25) is 0 Å². The Bertz CT molecular complexity index is 680. The van der Waals surface area contributed by atoms with Crippen molar-refractivity contribution in [2.24, 2.45) is 0 Å². The number of aliphatic carboxylic acids is 1. The maximum Gasteiger partial charge on any atom is 0.308 e. The monoisotopic (exact) mass is 319 g/mol. The first-order valence-corrected chi connectivity index (χ1v) is 8.02. The van der Waals surface area contributed by atoms with Crippen LogP contribution in [0.1, 0.15) is 22.3 Å². The van der Waals surface area contributed by atoms with Crippen molar-refractivity contribution in [3.63, 3.8) is 0 Å². The second-order valence-electron chi connectivity index (χ2n) is 5.11. The van der Waals surface area contributed by atoms with Crippen LogP contribution in [0, 0.1) is 6.92 Å². The van der Waals surface area contributed by atoms with Gasteiger partial charge in [0.2, 0.25) is 0 Å². The Labute approximate surface area is 133 Å². The van der Waals surface area contributed by atoms with Gasteiger partial charge in [0.05, 0.1) is 6.42 Å². The van der Waals surface area contributed by atoms with E-state index in [4.69, 9.17) is 5.11 Å². The van der Waals surface area contributed by atoms with Gasteiger partial charge in [-0.3, -0.25) is 14.4 Å². The van der Waals surface area contributed by atoms with Crippen LogP contribution in [0.5, 0.6) is 0 Å². The van der Waals surface area contributed by atoms with Gasteiger partial charge in [-0.05, 0) is 18.7 Å². The Morgan fingerprint density at radius 2 is 1.95 bits per heavy atom. The normalized spacial score (nSPS) is 18.0. The Morgan fingerprint density at radius 1 is 1.32 bits per heavy atom. The molecule has 0 saturated heterocycles. The number of ketones is 1. The Kier molecular flexibility index (Phi) is 4.71. The zero-order chi connectivity index (χ0) is 16.4. The SMILES string of the molecule is CS[C@@H]1C(C(=O)c2ccccc2C)=C(CC(=O)O)C(=O)N1C. The van der Waals surface area contributed by atoms with E-state index in [-0.39, 0.29) is 16.9 Å². The number of Topliss-reactive ketones (excluding diaryl/α,β-unsaturated/α-hetero) is 1. The third kappa shape index (κ3) is 2.78. The van der Waals surface area contributed by atoms with E-state index in [1.54, 1.807) is 25.4 Å². The second-order valence-corrected chi connectivity index (χ2v) is 6.03. The quantitative estimate of drug-likeness (QED) is 0.841. The molecular formula is C16H17NO4S. The van der Waals surface area contributed by atoms with Crippen molar-refractivity contribution in [2.75, 3.05) is 13.3 Å². The van der Waals surface area contributed by atoms with Crippen LogP contribution < -0.4 is 0 Å². The van der Waals surface area contributed by atoms with Crippen LogP contribution in [-0.4, -0.2) is 46.3 Å². The Hall–Kier alpha value is -2.08. The summed E-state index contributed by atoms with van der Waals surface area (Å²) in [6, 6.07) is 7.10. The fourth-order valence-electron chi connectivity index (χ4n) is 2.60.